The first-order chi connectivity index (χ1) is 14.2. The van der Waals surface area contributed by atoms with Crippen LogP contribution >= 0.6 is 0 Å². The Morgan fingerprint density at radius 3 is 2.24 bits per heavy atom. The van der Waals surface area contributed by atoms with Crippen LogP contribution in [0.15, 0.2) is 79.1 Å². The maximum atomic E-state index is 12.3. The van der Waals surface area contributed by atoms with Crippen LogP contribution in [-0.4, -0.2) is 15.3 Å². The van der Waals surface area contributed by atoms with Crippen LogP contribution in [0.5, 0.6) is 5.75 Å². The highest BCUT2D eigenvalue weighted by Gasteiger charge is 2.17. The van der Waals surface area contributed by atoms with E-state index in [4.69, 9.17) is 9.47 Å². The minimum atomic E-state index is -0.0330. The van der Waals surface area contributed by atoms with Gasteiger partial charge in [0, 0.05) is 18.0 Å². The molecule has 0 fully saturated rings. The second-order valence-electron chi connectivity index (χ2n) is 6.81. The van der Waals surface area contributed by atoms with Gasteiger partial charge in [0.25, 0.3) is 0 Å². The number of benzene rings is 2. The van der Waals surface area contributed by atoms with Crippen molar-refractivity contribution in [2.45, 2.75) is 26.9 Å². The molecule has 0 atom stereocenters. The Balaban J connectivity index is 1.58. The highest BCUT2D eigenvalue weighted by molar-refractivity contribution is 6.08. The number of fused-ring (bicyclic) bond motifs is 1. The van der Waals surface area contributed by atoms with Gasteiger partial charge in [-0.15, -0.1) is 0 Å². The van der Waals surface area contributed by atoms with E-state index in [1.807, 2.05) is 65.2 Å². The summed E-state index contributed by atoms with van der Waals surface area (Å²) in [6.45, 7) is 2.76. The topological polar surface area (TPSA) is 53.4 Å². The molecule has 5 heteroatoms. The summed E-state index contributed by atoms with van der Waals surface area (Å²) in [6.07, 6.45) is 3.49. The summed E-state index contributed by atoms with van der Waals surface area (Å²) in [7, 11) is 0. The predicted molar refractivity (Wildman–Crippen MR) is 112 cm³/mol. The van der Waals surface area contributed by atoms with E-state index in [0.29, 0.717) is 36.9 Å². The minimum absolute atomic E-state index is 0.0330. The molecule has 0 spiro atoms. The third kappa shape index (κ3) is 4.36. The summed E-state index contributed by atoms with van der Waals surface area (Å²) >= 11 is 0. The van der Waals surface area contributed by atoms with Gasteiger partial charge < -0.3 is 14.0 Å². The second-order valence-corrected chi connectivity index (χ2v) is 6.81. The van der Waals surface area contributed by atoms with E-state index in [1.54, 1.807) is 25.4 Å². The number of nitrogens with zero attached hydrogens (tertiary/aromatic N) is 2. The van der Waals surface area contributed by atoms with Crippen LogP contribution in [0.1, 0.15) is 28.4 Å². The Morgan fingerprint density at radius 2 is 1.59 bits per heavy atom. The first-order valence-corrected chi connectivity index (χ1v) is 9.49. The van der Waals surface area contributed by atoms with Gasteiger partial charge in [-0.05, 0) is 24.1 Å². The molecule has 4 aromatic rings. The van der Waals surface area contributed by atoms with Gasteiger partial charge in [0.05, 0.1) is 12.0 Å². The number of hydrogen-bond donors (Lipinski definition) is 0. The van der Waals surface area contributed by atoms with Crippen LogP contribution in [0.2, 0.25) is 0 Å². The van der Waals surface area contributed by atoms with Crippen molar-refractivity contribution in [1.82, 2.24) is 9.55 Å². The average Bonchev–Trinajstić information content (AvgIpc) is 3.13. The van der Waals surface area contributed by atoms with E-state index < -0.39 is 0 Å². The van der Waals surface area contributed by atoms with E-state index >= 15 is 0 Å². The quantitative estimate of drug-likeness (QED) is 0.400. The van der Waals surface area contributed by atoms with Crippen molar-refractivity contribution in [2.24, 2.45) is 0 Å². The fourth-order valence-corrected chi connectivity index (χ4v) is 3.24. The largest absolute Gasteiger partial charge is 0.488 e. The first-order valence-electron chi connectivity index (χ1n) is 9.49. The average molecular weight is 386 g/mol. The molecule has 0 saturated heterocycles. The molecule has 0 unspecified atom stereocenters. The van der Waals surface area contributed by atoms with Crippen LogP contribution < -0.4 is 4.74 Å². The van der Waals surface area contributed by atoms with Crippen molar-refractivity contribution < 1.29 is 14.3 Å². The van der Waals surface area contributed by atoms with E-state index in [9.17, 15) is 4.79 Å². The number of hydrogen-bond acceptors (Lipinski definition) is 4. The standard InChI is InChI=1S/C24H22N2O3/c1-18(27)21-14-26(17-28-15-19-8-4-2-5-9-19)24-23(21)22(12-13-25-24)29-16-20-10-6-3-7-11-20/h2-14H,15-17H2,1H3. The van der Waals surface area contributed by atoms with E-state index in [-0.39, 0.29) is 5.78 Å². The minimum Gasteiger partial charge on any atom is -0.488 e. The summed E-state index contributed by atoms with van der Waals surface area (Å²) in [6, 6.07) is 21.7. The lowest BCUT2D eigenvalue weighted by molar-refractivity contribution is 0.0663. The van der Waals surface area contributed by atoms with E-state index in [2.05, 4.69) is 4.98 Å². The zero-order valence-electron chi connectivity index (χ0n) is 16.2. The maximum Gasteiger partial charge on any atom is 0.162 e. The van der Waals surface area contributed by atoms with Gasteiger partial charge in [-0.25, -0.2) is 4.98 Å². The summed E-state index contributed by atoms with van der Waals surface area (Å²) < 4.78 is 13.7. The fourth-order valence-electron chi connectivity index (χ4n) is 3.24. The van der Waals surface area contributed by atoms with Gasteiger partial charge in [0.2, 0.25) is 0 Å². The SMILES string of the molecule is CC(=O)c1cn(COCc2ccccc2)c2nccc(OCc3ccccc3)c12. The number of carbonyl (C=O) groups excluding carboxylic acids is 1. The van der Waals surface area contributed by atoms with Crippen molar-refractivity contribution in [2.75, 3.05) is 0 Å². The Bertz CT molecular complexity index is 1110. The molecule has 146 valence electrons. The van der Waals surface area contributed by atoms with Crippen molar-refractivity contribution >= 4 is 16.8 Å². The third-order valence-corrected chi connectivity index (χ3v) is 4.68. The number of ether oxygens (including phenoxy) is 2. The molecule has 2 aromatic carbocycles. The second kappa shape index (κ2) is 8.71. The normalized spacial score (nSPS) is 10.9. The predicted octanol–water partition coefficient (Wildman–Crippen LogP) is 4.99. The molecule has 2 aromatic heterocycles. The van der Waals surface area contributed by atoms with Gasteiger partial charge in [-0.1, -0.05) is 60.7 Å². The highest BCUT2D eigenvalue weighted by atomic mass is 16.5. The molecule has 0 aliphatic carbocycles. The summed E-state index contributed by atoms with van der Waals surface area (Å²) in [5.41, 5.74) is 3.41. The zero-order valence-corrected chi connectivity index (χ0v) is 16.2. The van der Waals surface area contributed by atoms with Gasteiger partial charge in [-0.3, -0.25) is 4.79 Å². The number of pyridine rings is 1. The molecule has 0 aliphatic rings. The molecule has 0 amide bonds. The Kier molecular flexibility index (Phi) is 5.68. The molecular weight excluding hydrogens is 364 g/mol. The Labute approximate surface area is 169 Å². The summed E-state index contributed by atoms with van der Waals surface area (Å²) in [5.74, 6) is 0.611. The number of ketones is 1. The van der Waals surface area contributed by atoms with Crippen LogP contribution in [0.4, 0.5) is 0 Å². The number of rotatable bonds is 8. The van der Waals surface area contributed by atoms with Gasteiger partial charge in [0.1, 0.15) is 24.7 Å². The lowest BCUT2D eigenvalue weighted by atomic mass is 10.1. The Morgan fingerprint density at radius 1 is 0.931 bits per heavy atom. The van der Waals surface area contributed by atoms with Crippen LogP contribution in [0, 0.1) is 0 Å². The van der Waals surface area contributed by atoms with Crippen molar-refractivity contribution in [3.05, 3.63) is 95.8 Å². The molecule has 0 aliphatic heterocycles. The van der Waals surface area contributed by atoms with Crippen LogP contribution in [0.3, 0.4) is 0 Å². The Hall–Kier alpha value is -3.44. The molecular formula is C24H22N2O3. The zero-order chi connectivity index (χ0) is 20.1. The third-order valence-electron chi connectivity index (χ3n) is 4.68. The molecule has 0 bridgehead atoms. The summed E-state index contributed by atoms with van der Waals surface area (Å²) in [4.78, 5) is 16.7. The lowest BCUT2D eigenvalue weighted by Gasteiger charge is -2.09. The fraction of sp³-hybridized carbons (Fsp3) is 0.167. The van der Waals surface area contributed by atoms with E-state index in [0.717, 1.165) is 16.5 Å². The molecule has 5 nitrogen and oxygen atoms in total. The van der Waals surface area contributed by atoms with Crippen molar-refractivity contribution in [3.63, 3.8) is 0 Å². The van der Waals surface area contributed by atoms with Crippen molar-refractivity contribution in [1.29, 1.82) is 0 Å². The molecule has 0 radical (unpaired) electrons. The van der Waals surface area contributed by atoms with Crippen LogP contribution in [0.25, 0.3) is 11.0 Å². The first kappa shape index (κ1) is 18.9. The highest BCUT2D eigenvalue weighted by Crippen LogP contribution is 2.30. The summed E-state index contributed by atoms with van der Waals surface area (Å²) in [5, 5.41) is 0.722. The smallest absolute Gasteiger partial charge is 0.162 e. The van der Waals surface area contributed by atoms with E-state index in [1.165, 1.54) is 0 Å². The molecule has 29 heavy (non-hydrogen) atoms. The molecule has 4 rings (SSSR count). The lowest BCUT2D eigenvalue weighted by Crippen LogP contribution is -2.02. The molecule has 0 N–H and O–H groups in total. The maximum absolute atomic E-state index is 12.3. The number of carbonyl (C=O) groups is 1. The number of Topliss-reactive ketones (excluding diaryl/α,β-unsaturated/α-hetero) is 1. The van der Waals surface area contributed by atoms with Gasteiger partial charge in [0.15, 0.2) is 5.78 Å². The molecule has 0 saturated carbocycles. The van der Waals surface area contributed by atoms with Gasteiger partial charge >= 0.3 is 0 Å². The number of aromatic nitrogens is 2. The van der Waals surface area contributed by atoms with Crippen LogP contribution in [-0.2, 0) is 24.7 Å². The molecule has 2 heterocycles. The monoisotopic (exact) mass is 386 g/mol. The van der Waals surface area contributed by atoms with Crippen molar-refractivity contribution in [3.8, 4) is 5.75 Å². The van der Waals surface area contributed by atoms with Gasteiger partial charge in [-0.2, -0.15) is 0 Å².